The number of methoxy groups -OCH3 is 1. The summed E-state index contributed by atoms with van der Waals surface area (Å²) < 4.78 is 7.74. The highest BCUT2D eigenvalue weighted by molar-refractivity contribution is 14.0. The third-order valence-corrected chi connectivity index (χ3v) is 5.90. The van der Waals surface area contributed by atoms with E-state index in [2.05, 4.69) is 37.2 Å². The molecule has 3 heterocycles. The summed E-state index contributed by atoms with van der Waals surface area (Å²) in [6.07, 6.45) is 4.41. The molecular weight excluding hydrogens is 529 g/mol. The molecule has 2 aromatic rings. The van der Waals surface area contributed by atoms with Gasteiger partial charge in [-0.3, -0.25) is 0 Å². The molecule has 2 N–H and O–H groups in total. The van der Waals surface area contributed by atoms with Gasteiger partial charge >= 0.3 is 0 Å². The van der Waals surface area contributed by atoms with Gasteiger partial charge in [0.2, 0.25) is 0 Å². The summed E-state index contributed by atoms with van der Waals surface area (Å²) in [5.74, 6) is 3.69. The van der Waals surface area contributed by atoms with Gasteiger partial charge in [0.1, 0.15) is 18.1 Å². The van der Waals surface area contributed by atoms with Crippen LogP contribution in [0.2, 0.25) is 5.02 Å². The number of guanidine groups is 1. The fraction of sp³-hybridized carbons (Fsp3) is 0.571. The van der Waals surface area contributed by atoms with Crippen LogP contribution in [0.1, 0.15) is 37.8 Å². The number of ether oxygens (including phenoxy) is 1. The molecule has 170 valence electrons. The lowest BCUT2D eigenvalue weighted by Crippen LogP contribution is -2.44. The highest BCUT2D eigenvalue weighted by Gasteiger charge is 2.26. The standard InChI is InChI=1S/C21H30ClN7O.HI/c1-3-23-21(24-13-20-27-26-19-6-4-5-10-29(19)20)25-16-9-11-28(14-16)17-12-15(22)7-8-18(17)30-2;/h7-8,12,16H,3-6,9-11,13-14H2,1-2H3,(H2,23,24,25);1H. The van der Waals surface area contributed by atoms with Gasteiger partial charge in [-0.2, -0.15) is 0 Å². The van der Waals surface area contributed by atoms with Crippen molar-refractivity contribution in [3.63, 3.8) is 0 Å². The number of halogens is 2. The van der Waals surface area contributed by atoms with Crippen molar-refractivity contribution in [2.45, 2.75) is 51.7 Å². The van der Waals surface area contributed by atoms with Crippen LogP contribution in [-0.2, 0) is 19.5 Å². The summed E-state index contributed by atoms with van der Waals surface area (Å²) in [6, 6.07) is 6.04. The van der Waals surface area contributed by atoms with Crippen LogP contribution in [0.3, 0.4) is 0 Å². The number of anilines is 1. The van der Waals surface area contributed by atoms with E-state index in [0.29, 0.717) is 17.6 Å². The number of aliphatic imine (C=N–C) groups is 1. The summed E-state index contributed by atoms with van der Waals surface area (Å²) in [4.78, 5) is 7.09. The van der Waals surface area contributed by atoms with E-state index in [1.165, 1.54) is 12.8 Å². The summed E-state index contributed by atoms with van der Waals surface area (Å²) in [5.41, 5.74) is 1.03. The molecule has 10 heteroatoms. The van der Waals surface area contributed by atoms with E-state index < -0.39 is 0 Å². The van der Waals surface area contributed by atoms with Gasteiger partial charge in [0.15, 0.2) is 11.8 Å². The Kier molecular flexibility index (Phi) is 8.65. The molecule has 8 nitrogen and oxygen atoms in total. The van der Waals surface area contributed by atoms with Gasteiger partial charge < -0.3 is 24.8 Å². The van der Waals surface area contributed by atoms with Gasteiger partial charge in [-0.25, -0.2) is 4.99 Å². The average Bonchev–Trinajstić information content (AvgIpc) is 3.39. The smallest absolute Gasteiger partial charge is 0.191 e. The first-order valence-electron chi connectivity index (χ1n) is 10.7. The molecular formula is C21H31ClIN7O. The van der Waals surface area contributed by atoms with Crippen molar-refractivity contribution in [3.05, 3.63) is 34.9 Å². The molecule has 0 bridgehead atoms. The van der Waals surface area contributed by atoms with E-state index in [1.807, 2.05) is 18.2 Å². The topological polar surface area (TPSA) is 79.6 Å². The summed E-state index contributed by atoms with van der Waals surface area (Å²) in [6.45, 7) is 6.21. The highest BCUT2D eigenvalue weighted by atomic mass is 127. The number of nitrogens with one attached hydrogen (secondary N) is 2. The van der Waals surface area contributed by atoms with Crippen LogP contribution in [0, 0.1) is 0 Å². The van der Waals surface area contributed by atoms with Crippen LogP contribution >= 0.6 is 35.6 Å². The Bertz CT molecular complexity index is 904. The zero-order chi connectivity index (χ0) is 20.9. The molecule has 0 aliphatic carbocycles. The Balaban J connectivity index is 0.00000272. The minimum Gasteiger partial charge on any atom is -0.495 e. The maximum absolute atomic E-state index is 6.21. The molecule has 1 unspecified atom stereocenters. The number of aryl methyl sites for hydroxylation is 1. The molecule has 1 fully saturated rings. The van der Waals surface area contributed by atoms with E-state index in [0.717, 1.165) is 68.1 Å². The molecule has 0 saturated carbocycles. The SMILES string of the molecule is CCNC(=NCc1nnc2n1CCCC2)NC1CCN(c2cc(Cl)ccc2OC)C1.I. The van der Waals surface area contributed by atoms with Crippen molar-refractivity contribution in [1.29, 1.82) is 0 Å². The summed E-state index contributed by atoms with van der Waals surface area (Å²) in [7, 11) is 1.69. The van der Waals surface area contributed by atoms with Gasteiger partial charge in [-0.1, -0.05) is 11.6 Å². The van der Waals surface area contributed by atoms with Gasteiger partial charge in [-0.05, 0) is 44.4 Å². The Morgan fingerprint density at radius 1 is 1.29 bits per heavy atom. The van der Waals surface area contributed by atoms with Crippen molar-refractivity contribution >= 4 is 47.2 Å². The molecule has 1 atom stereocenters. The predicted molar refractivity (Wildman–Crippen MR) is 135 cm³/mol. The normalized spacial score (nSPS) is 18.4. The molecule has 4 rings (SSSR count). The second-order valence-corrected chi connectivity index (χ2v) is 8.16. The number of aromatic nitrogens is 3. The monoisotopic (exact) mass is 559 g/mol. The third kappa shape index (κ3) is 5.74. The second kappa shape index (κ2) is 11.2. The Morgan fingerprint density at radius 2 is 2.16 bits per heavy atom. The van der Waals surface area contributed by atoms with E-state index in [4.69, 9.17) is 21.3 Å². The molecule has 1 saturated heterocycles. The molecule has 2 aliphatic heterocycles. The van der Waals surface area contributed by atoms with Crippen LogP contribution in [-0.4, -0.2) is 53.5 Å². The van der Waals surface area contributed by atoms with E-state index in [1.54, 1.807) is 7.11 Å². The highest BCUT2D eigenvalue weighted by Crippen LogP contribution is 2.33. The molecule has 0 radical (unpaired) electrons. The largest absolute Gasteiger partial charge is 0.495 e. The maximum atomic E-state index is 6.21. The molecule has 2 aliphatic rings. The average molecular weight is 560 g/mol. The van der Waals surface area contributed by atoms with Gasteiger partial charge in [0.05, 0.1) is 12.8 Å². The molecule has 1 aromatic carbocycles. The van der Waals surface area contributed by atoms with Crippen LogP contribution in [0.25, 0.3) is 0 Å². The van der Waals surface area contributed by atoms with Gasteiger partial charge in [0.25, 0.3) is 0 Å². The minimum atomic E-state index is 0. The summed E-state index contributed by atoms with van der Waals surface area (Å²) in [5, 5.41) is 16.3. The fourth-order valence-corrected chi connectivity index (χ4v) is 4.32. The van der Waals surface area contributed by atoms with Crippen molar-refractivity contribution in [3.8, 4) is 5.75 Å². The first kappa shape index (κ1) is 23.9. The summed E-state index contributed by atoms with van der Waals surface area (Å²) >= 11 is 6.21. The Morgan fingerprint density at radius 3 is 2.97 bits per heavy atom. The zero-order valence-corrected chi connectivity index (χ0v) is 21.2. The number of rotatable bonds is 6. The number of hydrogen-bond acceptors (Lipinski definition) is 5. The molecule has 31 heavy (non-hydrogen) atoms. The second-order valence-electron chi connectivity index (χ2n) is 7.73. The predicted octanol–water partition coefficient (Wildman–Crippen LogP) is 3.23. The lowest BCUT2D eigenvalue weighted by atomic mass is 10.2. The molecule has 0 spiro atoms. The van der Waals surface area contributed by atoms with Gasteiger partial charge in [-0.15, -0.1) is 34.2 Å². The van der Waals surface area contributed by atoms with Crippen LogP contribution in [0.5, 0.6) is 5.75 Å². The van der Waals surface area contributed by atoms with Crippen molar-refractivity contribution in [1.82, 2.24) is 25.4 Å². The third-order valence-electron chi connectivity index (χ3n) is 5.67. The lowest BCUT2D eigenvalue weighted by molar-refractivity contribution is 0.415. The van der Waals surface area contributed by atoms with Crippen LogP contribution < -0.4 is 20.3 Å². The van der Waals surface area contributed by atoms with Crippen molar-refractivity contribution in [2.24, 2.45) is 4.99 Å². The Labute approximate surface area is 205 Å². The number of nitrogens with zero attached hydrogens (tertiary/aromatic N) is 5. The quantitative estimate of drug-likeness (QED) is 0.322. The minimum absolute atomic E-state index is 0. The number of hydrogen-bond donors (Lipinski definition) is 2. The van der Waals surface area contributed by atoms with Crippen molar-refractivity contribution in [2.75, 3.05) is 31.6 Å². The van der Waals surface area contributed by atoms with Crippen LogP contribution in [0.15, 0.2) is 23.2 Å². The van der Waals surface area contributed by atoms with E-state index in [-0.39, 0.29) is 24.0 Å². The molecule has 1 aromatic heterocycles. The maximum Gasteiger partial charge on any atom is 0.191 e. The van der Waals surface area contributed by atoms with Gasteiger partial charge in [0, 0.05) is 43.7 Å². The number of fused-ring (bicyclic) bond motifs is 1. The lowest BCUT2D eigenvalue weighted by Gasteiger charge is -2.22. The van der Waals surface area contributed by atoms with Crippen molar-refractivity contribution < 1.29 is 4.74 Å². The van der Waals surface area contributed by atoms with E-state index >= 15 is 0 Å². The van der Waals surface area contributed by atoms with E-state index in [9.17, 15) is 0 Å². The Hall–Kier alpha value is -1.75. The first-order chi connectivity index (χ1) is 14.7. The fourth-order valence-electron chi connectivity index (χ4n) is 4.16. The zero-order valence-electron chi connectivity index (χ0n) is 18.1. The molecule has 0 amide bonds. The van der Waals surface area contributed by atoms with Crippen LogP contribution in [0.4, 0.5) is 5.69 Å². The first-order valence-corrected chi connectivity index (χ1v) is 11.1. The number of benzene rings is 1.